The zero-order valence-electron chi connectivity index (χ0n) is 11.1. The molecule has 2 unspecified atom stereocenters. The van der Waals surface area contributed by atoms with Gasteiger partial charge in [0.05, 0.1) is 11.5 Å². The van der Waals surface area contributed by atoms with Crippen molar-refractivity contribution in [1.82, 2.24) is 0 Å². The molecule has 0 bridgehead atoms. The second-order valence-electron chi connectivity index (χ2n) is 5.24. The first-order chi connectivity index (χ1) is 9.77. The Morgan fingerprint density at radius 1 is 1.29 bits per heavy atom. The molecular formula is C14H15F4NO2. The Kier molecular flexibility index (Phi) is 4.39. The number of anilines is 1. The van der Waals surface area contributed by atoms with Gasteiger partial charge in [0, 0.05) is 11.7 Å². The van der Waals surface area contributed by atoms with Crippen molar-refractivity contribution in [1.29, 1.82) is 0 Å². The van der Waals surface area contributed by atoms with Crippen LogP contribution in [0.2, 0.25) is 0 Å². The zero-order chi connectivity index (χ0) is 15.6. The molecule has 0 amide bonds. The molecule has 1 fully saturated rings. The lowest BCUT2D eigenvalue weighted by atomic mass is 9.85. The van der Waals surface area contributed by atoms with Crippen LogP contribution in [-0.2, 0) is 11.0 Å². The smallest absolute Gasteiger partial charge is 0.419 e. The zero-order valence-corrected chi connectivity index (χ0v) is 11.1. The molecule has 1 aliphatic carbocycles. The molecule has 21 heavy (non-hydrogen) atoms. The third-order valence-corrected chi connectivity index (χ3v) is 3.67. The van der Waals surface area contributed by atoms with Crippen LogP contribution in [0.1, 0.15) is 31.2 Å². The van der Waals surface area contributed by atoms with Gasteiger partial charge in [-0.15, -0.1) is 0 Å². The summed E-state index contributed by atoms with van der Waals surface area (Å²) in [7, 11) is 0. The van der Waals surface area contributed by atoms with Crippen LogP contribution in [0.5, 0.6) is 0 Å². The molecule has 116 valence electrons. The van der Waals surface area contributed by atoms with E-state index in [4.69, 9.17) is 5.11 Å². The summed E-state index contributed by atoms with van der Waals surface area (Å²) >= 11 is 0. The van der Waals surface area contributed by atoms with Gasteiger partial charge in [-0.2, -0.15) is 13.2 Å². The van der Waals surface area contributed by atoms with Gasteiger partial charge in [0.2, 0.25) is 0 Å². The van der Waals surface area contributed by atoms with Crippen LogP contribution in [0.3, 0.4) is 0 Å². The Bertz CT molecular complexity index is 530. The van der Waals surface area contributed by atoms with Gasteiger partial charge in [0.15, 0.2) is 0 Å². The van der Waals surface area contributed by atoms with Crippen LogP contribution in [0.4, 0.5) is 23.2 Å². The van der Waals surface area contributed by atoms with E-state index in [1.165, 1.54) is 6.07 Å². The molecule has 0 aliphatic heterocycles. The molecule has 2 rings (SSSR count). The van der Waals surface area contributed by atoms with Crippen molar-refractivity contribution in [3.63, 3.8) is 0 Å². The second-order valence-corrected chi connectivity index (χ2v) is 5.24. The highest BCUT2D eigenvalue weighted by atomic mass is 19.4. The number of carbonyl (C=O) groups is 1. The molecule has 1 aromatic carbocycles. The van der Waals surface area contributed by atoms with Crippen molar-refractivity contribution in [2.24, 2.45) is 5.92 Å². The quantitative estimate of drug-likeness (QED) is 0.833. The first-order valence-corrected chi connectivity index (χ1v) is 6.63. The molecule has 0 aromatic heterocycles. The highest BCUT2D eigenvalue weighted by molar-refractivity contribution is 5.70. The number of benzene rings is 1. The molecule has 1 aliphatic rings. The third-order valence-electron chi connectivity index (χ3n) is 3.67. The average Bonchev–Trinajstić information content (AvgIpc) is 2.40. The fourth-order valence-electron chi connectivity index (χ4n) is 2.61. The minimum Gasteiger partial charge on any atom is -0.481 e. The Labute approximate surface area is 119 Å². The first kappa shape index (κ1) is 15.6. The standard InChI is InChI=1S/C14H15F4NO2/c15-12-5-4-10(7-11(12)14(16,17)18)19-9-3-1-2-8(6-9)13(20)21/h4-5,7-9,19H,1-3,6H2,(H,20,21). The van der Waals surface area contributed by atoms with Gasteiger partial charge < -0.3 is 10.4 Å². The molecule has 0 radical (unpaired) electrons. The van der Waals surface area contributed by atoms with Gasteiger partial charge in [0.25, 0.3) is 0 Å². The maximum absolute atomic E-state index is 13.2. The van der Waals surface area contributed by atoms with Gasteiger partial charge in [0.1, 0.15) is 5.82 Å². The van der Waals surface area contributed by atoms with Crippen LogP contribution in [0.25, 0.3) is 0 Å². The minimum atomic E-state index is -4.75. The van der Waals surface area contributed by atoms with E-state index in [0.717, 1.165) is 12.1 Å². The van der Waals surface area contributed by atoms with Crippen molar-refractivity contribution in [2.45, 2.75) is 37.9 Å². The second kappa shape index (κ2) is 5.91. The summed E-state index contributed by atoms with van der Waals surface area (Å²) in [5, 5.41) is 11.9. The molecule has 0 saturated heterocycles. The number of nitrogens with one attached hydrogen (secondary N) is 1. The van der Waals surface area contributed by atoms with Gasteiger partial charge in [-0.1, -0.05) is 6.42 Å². The Balaban J connectivity index is 2.11. The molecule has 0 spiro atoms. The van der Waals surface area contributed by atoms with E-state index < -0.39 is 29.4 Å². The monoisotopic (exact) mass is 305 g/mol. The third kappa shape index (κ3) is 3.86. The van der Waals surface area contributed by atoms with Gasteiger partial charge in [-0.25, -0.2) is 4.39 Å². The van der Waals surface area contributed by atoms with Crippen molar-refractivity contribution in [3.8, 4) is 0 Å². The van der Waals surface area contributed by atoms with Gasteiger partial charge >= 0.3 is 12.1 Å². The lowest BCUT2D eigenvalue weighted by molar-refractivity contribution is -0.143. The van der Waals surface area contributed by atoms with E-state index in [0.29, 0.717) is 25.7 Å². The summed E-state index contributed by atoms with van der Waals surface area (Å²) in [6, 6.07) is 2.50. The summed E-state index contributed by atoms with van der Waals surface area (Å²) in [5.41, 5.74) is -1.17. The van der Waals surface area contributed by atoms with E-state index in [-0.39, 0.29) is 11.7 Å². The predicted molar refractivity (Wildman–Crippen MR) is 68.4 cm³/mol. The summed E-state index contributed by atoms with van der Waals surface area (Å²) in [5.74, 6) is -2.70. The van der Waals surface area contributed by atoms with Crippen molar-refractivity contribution >= 4 is 11.7 Å². The minimum absolute atomic E-state index is 0.153. The average molecular weight is 305 g/mol. The van der Waals surface area contributed by atoms with E-state index in [9.17, 15) is 22.4 Å². The lowest BCUT2D eigenvalue weighted by Crippen LogP contribution is -2.31. The number of carboxylic acids is 1. The Hall–Kier alpha value is -1.79. The van der Waals surface area contributed by atoms with Gasteiger partial charge in [-0.05, 0) is 37.5 Å². The molecule has 0 heterocycles. The summed E-state index contributed by atoms with van der Waals surface area (Å²) in [6.07, 6.45) is -2.44. The fourth-order valence-corrected chi connectivity index (χ4v) is 2.61. The number of carboxylic acid groups (broad SMARTS) is 1. The normalized spacial score (nSPS) is 22.9. The molecule has 1 aromatic rings. The number of hydrogen-bond donors (Lipinski definition) is 2. The van der Waals surface area contributed by atoms with Crippen LogP contribution in [0, 0.1) is 11.7 Å². The molecule has 7 heteroatoms. The highest BCUT2D eigenvalue weighted by Crippen LogP contribution is 2.34. The maximum Gasteiger partial charge on any atom is 0.419 e. The Morgan fingerprint density at radius 2 is 2.00 bits per heavy atom. The molecule has 1 saturated carbocycles. The first-order valence-electron chi connectivity index (χ1n) is 6.63. The highest BCUT2D eigenvalue weighted by Gasteiger charge is 2.34. The lowest BCUT2D eigenvalue weighted by Gasteiger charge is -2.28. The number of rotatable bonds is 3. The Morgan fingerprint density at radius 3 is 2.62 bits per heavy atom. The topological polar surface area (TPSA) is 49.3 Å². The van der Waals surface area contributed by atoms with Crippen LogP contribution in [-0.4, -0.2) is 17.1 Å². The number of halogens is 4. The van der Waals surface area contributed by atoms with Gasteiger partial charge in [-0.3, -0.25) is 4.79 Å². The largest absolute Gasteiger partial charge is 0.481 e. The van der Waals surface area contributed by atoms with Crippen molar-refractivity contribution < 1.29 is 27.5 Å². The van der Waals surface area contributed by atoms with Crippen LogP contribution in [0.15, 0.2) is 18.2 Å². The van der Waals surface area contributed by atoms with Crippen molar-refractivity contribution in [3.05, 3.63) is 29.6 Å². The number of aliphatic carboxylic acids is 1. The van der Waals surface area contributed by atoms with Crippen LogP contribution >= 0.6 is 0 Å². The SMILES string of the molecule is O=C(O)C1CCCC(Nc2ccc(F)c(C(F)(F)F)c2)C1. The van der Waals surface area contributed by atoms with E-state index in [2.05, 4.69) is 5.32 Å². The van der Waals surface area contributed by atoms with E-state index in [1.807, 2.05) is 0 Å². The predicted octanol–water partition coefficient (Wildman–Crippen LogP) is 3.90. The van der Waals surface area contributed by atoms with Crippen molar-refractivity contribution in [2.75, 3.05) is 5.32 Å². The van der Waals surface area contributed by atoms with E-state index >= 15 is 0 Å². The molecule has 2 N–H and O–H groups in total. The summed E-state index contributed by atoms with van der Waals surface area (Å²) < 4.78 is 51.1. The molecule has 2 atom stereocenters. The number of hydrogen-bond acceptors (Lipinski definition) is 2. The maximum atomic E-state index is 13.2. The summed E-state index contributed by atoms with van der Waals surface area (Å²) in [4.78, 5) is 11.0. The molecular weight excluding hydrogens is 290 g/mol. The molecule has 3 nitrogen and oxygen atoms in total. The van der Waals surface area contributed by atoms with Crippen LogP contribution < -0.4 is 5.32 Å². The number of alkyl halides is 3. The van der Waals surface area contributed by atoms with E-state index in [1.54, 1.807) is 0 Å². The fraction of sp³-hybridized carbons (Fsp3) is 0.500. The summed E-state index contributed by atoms with van der Waals surface area (Å²) in [6.45, 7) is 0.